The molecule has 44 heavy (non-hydrogen) atoms. The summed E-state index contributed by atoms with van der Waals surface area (Å²) >= 11 is 0. The first-order valence-electron chi connectivity index (χ1n) is 15.6. The molecule has 12 heteroatoms. The van der Waals surface area contributed by atoms with E-state index in [9.17, 15) is 40.5 Å². The highest BCUT2D eigenvalue weighted by Gasteiger charge is 2.58. The third-order valence-corrected chi connectivity index (χ3v) is 7.52. The molecule has 0 aromatic carbocycles. The van der Waals surface area contributed by atoms with Gasteiger partial charge in [-0.1, -0.05) is 68.4 Å². The number of allylic oxidation sites excluding steroid dienone is 8. The van der Waals surface area contributed by atoms with Crippen LogP contribution < -0.4 is 0 Å². The van der Waals surface area contributed by atoms with Gasteiger partial charge in [-0.15, -0.1) is 0 Å². The number of aliphatic hydroxyl groups is 7. The van der Waals surface area contributed by atoms with Gasteiger partial charge in [0.2, 0.25) is 5.79 Å². The lowest BCUT2D eigenvalue weighted by Gasteiger charge is -2.44. The molecule has 0 amide bonds. The summed E-state index contributed by atoms with van der Waals surface area (Å²) in [6.45, 7) is -0.206. The van der Waals surface area contributed by atoms with Gasteiger partial charge in [0.05, 0.1) is 13.2 Å². The van der Waals surface area contributed by atoms with E-state index in [1.54, 1.807) is 0 Å². The van der Waals surface area contributed by atoms with Crippen LogP contribution in [0.3, 0.4) is 0 Å². The van der Waals surface area contributed by atoms with E-state index >= 15 is 0 Å². The molecule has 2 aliphatic rings. The van der Waals surface area contributed by atoms with Gasteiger partial charge in [-0.25, -0.2) is 0 Å². The Morgan fingerprint density at radius 3 is 1.84 bits per heavy atom. The summed E-state index contributed by atoms with van der Waals surface area (Å²) in [5, 5.41) is 70.5. The highest BCUT2D eigenvalue weighted by atomic mass is 16.8. The van der Waals surface area contributed by atoms with Gasteiger partial charge >= 0.3 is 5.97 Å². The van der Waals surface area contributed by atoms with Gasteiger partial charge in [0, 0.05) is 6.42 Å². The Labute approximate surface area is 259 Å². The number of hydrogen-bond donors (Lipinski definition) is 7. The van der Waals surface area contributed by atoms with Crippen LogP contribution >= 0.6 is 0 Å². The van der Waals surface area contributed by atoms with Crippen molar-refractivity contribution in [3.8, 4) is 0 Å². The fourth-order valence-electron chi connectivity index (χ4n) is 4.90. The maximum Gasteiger partial charge on any atom is 0.306 e. The molecule has 2 saturated heterocycles. The van der Waals surface area contributed by atoms with Gasteiger partial charge in [0.25, 0.3) is 0 Å². The molecule has 0 spiro atoms. The maximum absolute atomic E-state index is 12.4. The zero-order valence-corrected chi connectivity index (χ0v) is 25.6. The second-order valence-corrected chi connectivity index (χ2v) is 11.0. The van der Waals surface area contributed by atoms with Gasteiger partial charge in [0.1, 0.15) is 43.2 Å². The SMILES string of the molecule is CCCCC/C=C/C/C=C/C/C=C/C/C=C/CCCC(=O)O[C@H]1[C@H](O)[C@@H](O)C(O[C@]2(CO)O[C@H](CO)[C@@H](O)[C@@H]2O)O[C@@H]1CO. The third kappa shape index (κ3) is 11.8. The van der Waals surface area contributed by atoms with E-state index in [1.807, 2.05) is 12.2 Å². The van der Waals surface area contributed by atoms with Crippen LogP contribution in [0.25, 0.3) is 0 Å². The summed E-state index contributed by atoms with van der Waals surface area (Å²) in [5.74, 6) is -2.94. The Bertz CT molecular complexity index is 919. The summed E-state index contributed by atoms with van der Waals surface area (Å²) in [4.78, 5) is 12.4. The molecule has 1 unspecified atom stereocenters. The van der Waals surface area contributed by atoms with Crippen molar-refractivity contribution in [3.63, 3.8) is 0 Å². The van der Waals surface area contributed by atoms with Crippen LogP contribution in [0.5, 0.6) is 0 Å². The normalized spacial score (nSPS) is 33.0. The first kappa shape index (κ1) is 38.2. The molecule has 2 rings (SSSR count). The van der Waals surface area contributed by atoms with Gasteiger partial charge < -0.3 is 54.7 Å². The highest BCUT2D eigenvalue weighted by molar-refractivity contribution is 5.69. The quantitative estimate of drug-likeness (QED) is 0.0581. The maximum atomic E-state index is 12.4. The summed E-state index contributed by atoms with van der Waals surface area (Å²) in [6.07, 6.45) is 12.8. The molecule has 12 nitrogen and oxygen atoms in total. The van der Waals surface area contributed by atoms with E-state index in [0.717, 1.165) is 25.7 Å². The van der Waals surface area contributed by atoms with Crippen LogP contribution in [-0.2, 0) is 23.7 Å². The number of aliphatic hydroxyl groups excluding tert-OH is 7. The molecule has 0 bridgehead atoms. The predicted octanol–water partition coefficient (Wildman–Crippen LogP) is 1.30. The lowest BCUT2D eigenvalue weighted by atomic mass is 9.98. The Morgan fingerprint density at radius 2 is 1.32 bits per heavy atom. The van der Waals surface area contributed by atoms with Gasteiger partial charge in [-0.2, -0.15) is 0 Å². The Balaban J connectivity index is 1.70. The lowest BCUT2D eigenvalue weighted by Crippen LogP contribution is -2.63. The number of carbonyl (C=O) groups is 1. The van der Waals surface area contributed by atoms with Crippen LogP contribution in [0.4, 0.5) is 0 Å². The summed E-state index contributed by atoms with van der Waals surface area (Å²) in [7, 11) is 0. The largest absolute Gasteiger partial charge is 0.457 e. The molecule has 7 N–H and O–H groups in total. The van der Waals surface area contributed by atoms with Gasteiger partial charge in [-0.05, 0) is 44.9 Å². The van der Waals surface area contributed by atoms with Crippen LogP contribution in [0.1, 0.15) is 71.1 Å². The molecular weight excluding hydrogens is 576 g/mol. The van der Waals surface area contributed by atoms with E-state index in [1.165, 1.54) is 19.3 Å². The van der Waals surface area contributed by atoms with Crippen LogP contribution in [-0.4, -0.2) is 116 Å². The number of carbonyl (C=O) groups excluding carboxylic acids is 1. The van der Waals surface area contributed by atoms with E-state index in [-0.39, 0.29) is 6.42 Å². The van der Waals surface area contributed by atoms with Crippen LogP contribution in [0.2, 0.25) is 0 Å². The monoisotopic (exact) mass is 628 g/mol. The van der Waals surface area contributed by atoms with E-state index in [0.29, 0.717) is 12.8 Å². The number of esters is 1. The molecule has 0 radical (unpaired) electrons. The van der Waals surface area contributed by atoms with E-state index in [2.05, 4.69) is 43.4 Å². The second-order valence-electron chi connectivity index (χ2n) is 11.0. The first-order valence-corrected chi connectivity index (χ1v) is 15.6. The Morgan fingerprint density at radius 1 is 0.750 bits per heavy atom. The van der Waals surface area contributed by atoms with Crippen molar-refractivity contribution in [2.45, 2.75) is 126 Å². The van der Waals surface area contributed by atoms with E-state index in [4.69, 9.17) is 18.9 Å². The smallest absolute Gasteiger partial charge is 0.306 e. The first-order chi connectivity index (χ1) is 21.2. The number of rotatable bonds is 20. The molecule has 0 aliphatic carbocycles. The summed E-state index contributed by atoms with van der Waals surface area (Å²) < 4.78 is 21.5. The Hall–Kier alpha value is -1.97. The third-order valence-electron chi connectivity index (χ3n) is 7.52. The molecule has 252 valence electrons. The van der Waals surface area contributed by atoms with Crippen LogP contribution in [0, 0.1) is 0 Å². The lowest BCUT2D eigenvalue weighted by molar-refractivity contribution is -0.383. The van der Waals surface area contributed by atoms with Gasteiger partial charge in [-0.3, -0.25) is 4.79 Å². The number of ether oxygens (including phenoxy) is 4. The molecular formula is C32H52O12. The number of unbranched alkanes of at least 4 members (excludes halogenated alkanes) is 4. The fraction of sp³-hybridized carbons (Fsp3) is 0.719. The minimum Gasteiger partial charge on any atom is -0.457 e. The number of hydrogen-bond acceptors (Lipinski definition) is 12. The highest BCUT2D eigenvalue weighted by Crippen LogP contribution is 2.36. The van der Waals surface area contributed by atoms with Crippen molar-refractivity contribution in [2.24, 2.45) is 0 Å². The second kappa shape index (κ2) is 20.9. The van der Waals surface area contributed by atoms with Crippen molar-refractivity contribution in [1.82, 2.24) is 0 Å². The standard InChI is InChI=1S/C32H52O12/c1-2-3-4-5-6-7-8-9-10-11-12-13-14-15-16-17-18-19-25(36)42-29-24(21-34)41-31(28(39)27(29)38)44-32(22-35)30(40)26(37)23(20-33)43-32/h6-7,9-10,12-13,15-16,23-24,26-31,33-35,37-40H,2-5,8,11,14,17-22H2,1H3/b7-6+,10-9+,13-12+,16-15+/t23-,24-,26-,27-,28-,29-,30+,31?,32+/m1/s1. The minimum atomic E-state index is -2.28. The molecule has 0 aromatic heterocycles. The average Bonchev–Trinajstić information content (AvgIpc) is 3.27. The molecule has 2 aliphatic heterocycles. The predicted molar refractivity (Wildman–Crippen MR) is 161 cm³/mol. The van der Waals surface area contributed by atoms with Crippen molar-refractivity contribution in [3.05, 3.63) is 48.6 Å². The van der Waals surface area contributed by atoms with Crippen molar-refractivity contribution in [1.29, 1.82) is 0 Å². The molecule has 9 atom stereocenters. The van der Waals surface area contributed by atoms with Crippen molar-refractivity contribution < 1.29 is 59.5 Å². The van der Waals surface area contributed by atoms with Crippen LogP contribution in [0.15, 0.2) is 48.6 Å². The summed E-state index contributed by atoms with van der Waals surface area (Å²) in [6, 6.07) is 0. The van der Waals surface area contributed by atoms with E-state index < -0.39 is 80.6 Å². The molecule has 0 saturated carbocycles. The molecule has 0 aromatic rings. The van der Waals surface area contributed by atoms with Gasteiger partial charge in [0.15, 0.2) is 12.4 Å². The molecule has 2 fully saturated rings. The zero-order chi connectivity index (χ0) is 32.4. The fourth-order valence-corrected chi connectivity index (χ4v) is 4.90. The topological polar surface area (TPSA) is 196 Å². The minimum absolute atomic E-state index is 0.0313. The van der Waals surface area contributed by atoms with Crippen molar-refractivity contribution in [2.75, 3.05) is 19.8 Å². The Kier molecular flexibility index (Phi) is 18.2. The molecule has 2 heterocycles. The van der Waals surface area contributed by atoms with Crippen molar-refractivity contribution >= 4 is 5.97 Å². The summed E-state index contributed by atoms with van der Waals surface area (Å²) in [5.41, 5.74) is 0. The zero-order valence-electron chi connectivity index (χ0n) is 25.6. The average molecular weight is 629 g/mol.